The lowest BCUT2D eigenvalue weighted by atomic mass is 9.85. The molecular formula is C32H16Br2Cl2. The van der Waals surface area contributed by atoms with Gasteiger partial charge < -0.3 is 0 Å². The van der Waals surface area contributed by atoms with Gasteiger partial charge in [-0.3, -0.25) is 0 Å². The predicted octanol–water partition coefficient (Wildman–Crippen LogP) is 11.9. The summed E-state index contributed by atoms with van der Waals surface area (Å²) in [7, 11) is 0. The van der Waals surface area contributed by atoms with Crippen LogP contribution < -0.4 is 0 Å². The van der Waals surface area contributed by atoms with Gasteiger partial charge in [-0.25, -0.2) is 0 Å². The van der Waals surface area contributed by atoms with E-state index in [0.29, 0.717) is 0 Å². The smallest absolute Gasteiger partial charge is 0.0417 e. The van der Waals surface area contributed by atoms with Crippen molar-refractivity contribution >= 4 is 98.2 Å². The molecule has 0 radical (unpaired) electrons. The summed E-state index contributed by atoms with van der Waals surface area (Å²) < 4.78 is 1.99. The van der Waals surface area contributed by atoms with E-state index in [4.69, 9.17) is 23.2 Å². The molecule has 0 spiro atoms. The van der Waals surface area contributed by atoms with Gasteiger partial charge in [0.05, 0.1) is 0 Å². The quantitative estimate of drug-likeness (QED) is 0.132. The Labute approximate surface area is 235 Å². The minimum Gasteiger partial charge on any atom is -0.0843 e. The van der Waals surface area contributed by atoms with Gasteiger partial charge in [-0.2, -0.15) is 0 Å². The summed E-state index contributed by atoms with van der Waals surface area (Å²) >= 11 is 19.9. The van der Waals surface area contributed by atoms with Gasteiger partial charge >= 0.3 is 0 Å². The summed E-state index contributed by atoms with van der Waals surface area (Å²) in [6, 6.07) is 34.3. The lowest BCUT2D eigenvalue weighted by molar-refractivity contribution is 1.61. The average molecular weight is 631 g/mol. The van der Waals surface area contributed by atoms with E-state index >= 15 is 0 Å². The lowest BCUT2D eigenvalue weighted by Crippen LogP contribution is -1.91. The maximum atomic E-state index is 6.24. The Kier molecular flexibility index (Phi) is 5.31. The van der Waals surface area contributed by atoms with Crippen LogP contribution in [0, 0.1) is 0 Å². The largest absolute Gasteiger partial charge is 0.0843 e. The third-order valence-corrected chi connectivity index (χ3v) is 8.89. The van der Waals surface area contributed by atoms with Gasteiger partial charge in [-0.1, -0.05) is 128 Å². The Morgan fingerprint density at radius 3 is 1.17 bits per heavy atom. The standard InChI is InChI=1S/C32H16Br2Cl2/c33-29-15-17(35)7-9-21(29)19-11-14-28-26-6-2-4-24-20(22-10-8-18(36)16-30(22)34)12-13-27(32(24)26)25-5-1-3-23(19)31(25)28/h1-16H. The van der Waals surface area contributed by atoms with Crippen molar-refractivity contribution in [2.24, 2.45) is 0 Å². The van der Waals surface area contributed by atoms with Crippen molar-refractivity contribution in [3.05, 3.63) is 116 Å². The molecule has 0 atom stereocenters. The second-order valence-electron chi connectivity index (χ2n) is 9.03. The molecule has 0 N–H and O–H groups in total. The first kappa shape index (κ1) is 22.6. The molecule has 0 bridgehead atoms. The summed E-state index contributed by atoms with van der Waals surface area (Å²) in [5, 5.41) is 11.5. The van der Waals surface area contributed by atoms with E-state index in [-0.39, 0.29) is 0 Å². The monoisotopic (exact) mass is 628 g/mol. The van der Waals surface area contributed by atoms with Crippen molar-refractivity contribution in [3.8, 4) is 22.3 Å². The highest BCUT2D eigenvalue weighted by Gasteiger charge is 2.18. The average Bonchev–Trinajstić information content (AvgIpc) is 2.87. The number of hydrogen-bond donors (Lipinski definition) is 0. The summed E-state index contributed by atoms with van der Waals surface area (Å²) in [6.07, 6.45) is 0. The van der Waals surface area contributed by atoms with Crippen molar-refractivity contribution in [1.82, 2.24) is 0 Å². The maximum Gasteiger partial charge on any atom is 0.0417 e. The second-order valence-corrected chi connectivity index (χ2v) is 11.6. The Balaban J connectivity index is 1.61. The van der Waals surface area contributed by atoms with E-state index in [0.717, 1.165) is 30.1 Å². The third-order valence-electron chi connectivity index (χ3n) is 7.10. The normalized spacial score (nSPS) is 11.9. The van der Waals surface area contributed by atoms with Gasteiger partial charge in [0.15, 0.2) is 0 Å². The molecule has 0 aliphatic rings. The van der Waals surface area contributed by atoms with Crippen LogP contribution >= 0.6 is 55.1 Å². The van der Waals surface area contributed by atoms with Gasteiger partial charge in [0.25, 0.3) is 0 Å². The Hall–Kier alpha value is -2.62. The molecule has 0 fully saturated rings. The zero-order chi connectivity index (χ0) is 24.6. The van der Waals surface area contributed by atoms with Gasteiger partial charge in [-0.15, -0.1) is 0 Å². The fourth-order valence-electron chi connectivity index (χ4n) is 5.60. The minimum absolute atomic E-state index is 0.720. The van der Waals surface area contributed by atoms with Crippen LogP contribution in [-0.4, -0.2) is 0 Å². The zero-order valence-corrected chi connectivity index (χ0v) is 23.4. The Bertz CT molecular complexity index is 1830. The fraction of sp³-hybridized carbons (Fsp3) is 0. The molecule has 0 unspecified atom stereocenters. The van der Waals surface area contributed by atoms with Gasteiger partial charge in [0.2, 0.25) is 0 Å². The van der Waals surface area contributed by atoms with Crippen molar-refractivity contribution in [2.45, 2.75) is 0 Å². The molecule has 36 heavy (non-hydrogen) atoms. The van der Waals surface area contributed by atoms with E-state index in [1.54, 1.807) is 0 Å². The Morgan fingerprint density at radius 2 is 0.750 bits per heavy atom. The van der Waals surface area contributed by atoms with Crippen LogP contribution in [0.1, 0.15) is 0 Å². The minimum atomic E-state index is 0.720. The molecule has 4 heteroatoms. The van der Waals surface area contributed by atoms with Crippen LogP contribution in [0.3, 0.4) is 0 Å². The molecule has 0 saturated carbocycles. The van der Waals surface area contributed by atoms with Crippen LogP contribution in [0.5, 0.6) is 0 Å². The highest BCUT2D eigenvalue weighted by atomic mass is 79.9. The molecule has 0 aliphatic heterocycles. The van der Waals surface area contributed by atoms with Crippen LogP contribution in [0.2, 0.25) is 10.0 Å². The topological polar surface area (TPSA) is 0 Å². The van der Waals surface area contributed by atoms with Gasteiger partial charge in [0.1, 0.15) is 0 Å². The molecule has 0 aliphatic carbocycles. The molecule has 172 valence electrons. The van der Waals surface area contributed by atoms with E-state index in [1.807, 2.05) is 24.3 Å². The van der Waals surface area contributed by atoms with Crippen molar-refractivity contribution in [2.75, 3.05) is 0 Å². The van der Waals surface area contributed by atoms with Crippen molar-refractivity contribution < 1.29 is 0 Å². The van der Waals surface area contributed by atoms with Gasteiger partial charge in [0, 0.05) is 19.0 Å². The van der Waals surface area contributed by atoms with Crippen LogP contribution in [0.4, 0.5) is 0 Å². The highest BCUT2D eigenvalue weighted by Crippen LogP contribution is 2.46. The number of fused-ring (bicyclic) bond motifs is 2. The molecule has 7 rings (SSSR count). The first-order chi connectivity index (χ1) is 17.5. The summed E-state index contributed by atoms with van der Waals surface area (Å²) in [4.78, 5) is 0. The third kappa shape index (κ3) is 3.32. The number of rotatable bonds is 2. The second kappa shape index (κ2) is 8.46. The first-order valence-electron chi connectivity index (χ1n) is 11.5. The van der Waals surface area contributed by atoms with Crippen LogP contribution in [0.25, 0.3) is 65.3 Å². The van der Waals surface area contributed by atoms with E-state index < -0.39 is 0 Å². The van der Waals surface area contributed by atoms with Crippen LogP contribution in [0.15, 0.2) is 106 Å². The van der Waals surface area contributed by atoms with E-state index in [2.05, 4.69) is 105 Å². The molecule has 0 amide bonds. The van der Waals surface area contributed by atoms with Crippen molar-refractivity contribution in [3.63, 3.8) is 0 Å². The number of halogens is 4. The van der Waals surface area contributed by atoms with Crippen LogP contribution in [-0.2, 0) is 0 Å². The molecule has 0 saturated heterocycles. The summed E-state index contributed by atoms with van der Waals surface area (Å²) in [5.41, 5.74) is 4.65. The maximum absolute atomic E-state index is 6.24. The highest BCUT2D eigenvalue weighted by molar-refractivity contribution is 9.11. The number of benzene rings is 7. The lowest BCUT2D eigenvalue weighted by Gasteiger charge is -2.19. The van der Waals surface area contributed by atoms with E-state index in [1.165, 1.54) is 54.2 Å². The molecular weight excluding hydrogens is 615 g/mol. The SMILES string of the molecule is Clc1ccc(-c2ccc3c4cccc5c(-c6ccc(Cl)cc6Br)ccc(c6cccc2c63)c54)c(Br)c1. The molecule has 7 aromatic rings. The number of hydrogen-bond acceptors (Lipinski definition) is 0. The van der Waals surface area contributed by atoms with Gasteiger partial charge in [-0.05, 0) is 89.6 Å². The predicted molar refractivity (Wildman–Crippen MR) is 164 cm³/mol. The van der Waals surface area contributed by atoms with E-state index in [9.17, 15) is 0 Å². The Morgan fingerprint density at radius 1 is 0.389 bits per heavy atom. The summed E-state index contributed by atoms with van der Waals surface area (Å²) in [5.74, 6) is 0. The van der Waals surface area contributed by atoms with Crippen molar-refractivity contribution in [1.29, 1.82) is 0 Å². The fourth-order valence-corrected chi connectivity index (χ4v) is 7.39. The molecule has 7 aromatic carbocycles. The molecule has 0 nitrogen and oxygen atoms in total. The summed E-state index contributed by atoms with van der Waals surface area (Å²) in [6.45, 7) is 0. The zero-order valence-electron chi connectivity index (χ0n) is 18.7. The molecule has 0 heterocycles. The molecule has 0 aromatic heterocycles. The first-order valence-corrected chi connectivity index (χ1v) is 13.9.